The third-order valence-electron chi connectivity index (χ3n) is 3.13. The first-order chi connectivity index (χ1) is 10.6. The summed E-state index contributed by atoms with van der Waals surface area (Å²) in [5.74, 6) is -0.540. The normalized spacial score (nSPS) is 12.3. The molecule has 6 heteroatoms. The minimum absolute atomic E-state index is 0.00882. The Labute approximate surface area is 130 Å². The van der Waals surface area contributed by atoms with E-state index in [0.717, 1.165) is 5.56 Å². The van der Waals surface area contributed by atoms with E-state index in [0.29, 0.717) is 5.22 Å². The van der Waals surface area contributed by atoms with Gasteiger partial charge in [-0.1, -0.05) is 36.0 Å². The van der Waals surface area contributed by atoms with Gasteiger partial charge in [0.15, 0.2) is 0 Å². The smallest absolute Gasteiger partial charge is 0.277 e. The second-order valence-corrected chi connectivity index (χ2v) is 5.96. The summed E-state index contributed by atoms with van der Waals surface area (Å²) >= 11 is 1.34. The fourth-order valence-electron chi connectivity index (χ4n) is 1.95. The molecule has 0 saturated carbocycles. The van der Waals surface area contributed by atoms with Crippen molar-refractivity contribution >= 4 is 11.8 Å². The van der Waals surface area contributed by atoms with Crippen molar-refractivity contribution in [3.05, 3.63) is 65.7 Å². The maximum Gasteiger partial charge on any atom is 0.277 e. The van der Waals surface area contributed by atoms with Gasteiger partial charge in [0, 0.05) is 5.25 Å². The van der Waals surface area contributed by atoms with E-state index in [-0.39, 0.29) is 22.5 Å². The maximum absolute atomic E-state index is 13.7. The van der Waals surface area contributed by atoms with Crippen LogP contribution in [0.15, 0.2) is 58.2 Å². The largest absolute Gasteiger partial charge is 0.411 e. The average molecular weight is 318 g/mol. The molecule has 0 aliphatic carbocycles. The van der Waals surface area contributed by atoms with Gasteiger partial charge in [0.25, 0.3) is 11.1 Å². The molecule has 0 amide bonds. The van der Waals surface area contributed by atoms with Crippen molar-refractivity contribution in [3.8, 4) is 11.5 Å². The molecular formula is C16H12F2N2OS. The Morgan fingerprint density at radius 3 is 2.45 bits per heavy atom. The Bertz CT molecular complexity index is 774. The third-order valence-corrected chi connectivity index (χ3v) is 4.12. The number of hydrogen-bond donors (Lipinski definition) is 0. The number of halogens is 2. The SMILES string of the molecule is C[C@H](Sc1nnc(-c2ccccc2F)o1)c1ccc(F)cc1. The first kappa shape index (κ1) is 14.7. The van der Waals surface area contributed by atoms with Gasteiger partial charge in [-0.25, -0.2) is 8.78 Å². The molecule has 1 aromatic heterocycles. The van der Waals surface area contributed by atoms with Crippen LogP contribution < -0.4 is 0 Å². The summed E-state index contributed by atoms with van der Waals surface area (Å²) < 4.78 is 32.1. The molecule has 0 spiro atoms. The highest BCUT2D eigenvalue weighted by molar-refractivity contribution is 7.99. The number of thioether (sulfide) groups is 1. The fraction of sp³-hybridized carbons (Fsp3) is 0.125. The molecule has 3 nitrogen and oxygen atoms in total. The van der Waals surface area contributed by atoms with Gasteiger partial charge in [0.05, 0.1) is 5.56 Å². The third kappa shape index (κ3) is 3.17. The van der Waals surface area contributed by atoms with Crippen molar-refractivity contribution in [3.63, 3.8) is 0 Å². The van der Waals surface area contributed by atoms with E-state index in [9.17, 15) is 8.78 Å². The highest BCUT2D eigenvalue weighted by Crippen LogP contribution is 2.35. The van der Waals surface area contributed by atoms with Crippen molar-refractivity contribution in [2.75, 3.05) is 0 Å². The van der Waals surface area contributed by atoms with Crippen molar-refractivity contribution in [2.45, 2.75) is 17.4 Å². The summed E-state index contributed by atoms with van der Waals surface area (Å²) in [4.78, 5) is 0. The van der Waals surface area contributed by atoms with Crippen molar-refractivity contribution < 1.29 is 13.2 Å². The molecule has 3 rings (SSSR count). The predicted octanol–water partition coefficient (Wildman–Crippen LogP) is 4.87. The molecule has 112 valence electrons. The van der Waals surface area contributed by atoms with E-state index >= 15 is 0 Å². The van der Waals surface area contributed by atoms with Crippen LogP contribution >= 0.6 is 11.8 Å². The molecule has 0 aliphatic rings. The van der Waals surface area contributed by atoms with E-state index in [4.69, 9.17) is 4.42 Å². The number of rotatable bonds is 4. The van der Waals surface area contributed by atoms with E-state index in [2.05, 4.69) is 10.2 Å². The second kappa shape index (κ2) is 6.27. The topological polar surface area (TPSA) is 38.9 Å². The van der Waals surface area contributed by atoms with Crippen LogP contribution in [0.2, 0.25) is 0 Å². The molecule has 3 aromatic rings. The molecule has 1 heterocycles. The lowest BCUT2D eigenvalue weighted by Gasteiger charge is -2.08. The maximum atomic E-state index is 13.7. The van der Waals surface area contributed by atoms with Gasteiger partial charge in [-0.05, 0) is 36.8 Å². The fourth-order valence-corrected chi connectivity index (χ4v) is 2.76. The molecule has 2 aromatic carbocycles. The van der Waals surface area contributed by atoms with Gasteiger partial charge in [0.1, 0.15) is 11.6 Å². The molecule has 0 saturated heterocycles. The van der Waals surface area contributed by atoms with Crippen LogP contribution in [0.1, 0.15) is 17.7 Å². The Hall–Kier alpha value is -2.21. The molecule has 1 atom stereocenters. The predicted molar refractivity (Wildman–Crippen MR) is 80.4 cm³/mol. The van der Waals surface area contributed by atoms with Crippen LogP contribution in [0.5, 0.6) is 0 Å². The summed E-state index contributed by atoms with van der Waals surface area (Å²) in [6.07, 6.45) is 0. The van der Waals surface area contributed by atoms with Crippen LogP contribution in [0.3, 0.4) is 0 Å². The average Bonchev–Trinajstić information content (AvgIpc) is 2.96. The summed E-state index contributed by atoms with van der Waals surface area (Å²) in [7, 11) is 0. The number of nitrogens with zero attached hydrogens (tertiary/aromatic N) is 2. The number of aromatic nitrogens is 2. The summed E-state index contributed by atoms with van der Waals surface area (Å²) in [5.41, 5.74) is 1.22. The van der Waals surface area contributed by atoms with Gasteiger partial charge in [0.2, 0.25) is 0 Å². The minimum atomic E-state index is -0.408. The van der Waals surface area contributed by atoms with Crippen LogP contribution in [-0.4, -0.2) is 10.2 Å². The molecule has 22 heavy (non-hydrogen) atoms. The Kier molecular flexibility index (Phi) is 4.20. The minimum Gasteiger partial charge on any atom is -0.411 e. The van der Waals surface area contributed by atoms with Crippen LogP contribution in [0, 0.1) is 11.6 Å². The zero-order valence-electron chi connectivity index (χ0n) is 11.7. The summed E-state index contributed by atoms with van der Waals surface area (Å²) in [6.45, 7) is 1.95. The molecule has 0 unspecified atom stereocenters. The molecule has 0 radical (unpaired) electrons. The van der Waals surface area contributed by atoms with Gasteiger partial charge in [-0.3, -0.25) is 0 Å². The second-order valence-electron chi connectivity index (χ2n) is 4.66. The van der Waals surface area contributed by atoms with Crippen molar-refractivity contribution in [1.82, 2.24) is 10.2 Å². The summed E-state index contributed by atoms with van der Waals surface area (Å²) in [5, 5.41) is 8.14. The van der Waals surface area contributed by atoms with E-state index < -0.39 is 5.82 Å². The quantitative estimate of drug-likeness (QED) is 0.643. The van der Waals surface area contributed by atoms with Crippen molar-refractivity contribution in [1.29, 1.82) is 0 Å². The zero-order valence-corrected chi connectivity index (χ0v) is 12.5. The van der Waals surface area contributed by atoms with Gasteiger partial charge >= 0.3 is 0 Å². The number of hydrogen-bond acceptors (Lipinski definition) is 4. The molecule has 0 fully saturated rings. The van der Waals surface area contributed by atoms with E-state index in [1.54, 1.807) is 30.3 Å². The lowest BCUT2D eigenvalue weighted by molar-refractivity contribution is 0.462. The first-order valence-electron chi connectivity index (χ1n) is 6.64. The van der Waals surface area contributed by atoms with Gasteiger partial charge < -0.3 is 4.42 Å². The standard InChI is InChI=1S/C16H12F2N2OS/c1-10(11-6-8-12(17)9-7-11)22-16-20-19-15(21-16)13-4-2-3-5-14(13)18/h2-10H,1H3/t10-/m0/s1. The van der Waals surface area contributed by atoms with Gasteiger partial charge in [-0.2, -0.15) is 0 Å². The first-order valence-corrected chi connectivity index (χ1v) is 7.52. The van der Waals surface area contributed by atoms with E-state index in [1.165, 1.54) is 30.0 Å². The zero-order chi connectivity index (χ0) is 15.5. The van der Waals surface area contributed by atoms with E-state index in [1.807, 2.05) is 6.92 Å². The lowest BCUT2D eigenvalue weighted by Crippen LogP contribution is -1.88. The number of benzene rings is 2. The molecule has 0 N–H and O–H groups in total. The Balaban J connectivity index is 1.77. The summed E-state index contributed by atoms with van der Waals surface area (Å²) in [6, 6.07) is 12.5. The lowest BCUT2D eigenvalue weighted by atomic mass is 10.2. The van der Waals surface area contributed by atoms with Crippen LogP contribution in [0.4, 0.5) is 8.78 Å². The highest BCUT2D eigenvalue weighted by atomic mass is 32.2. The molecule has 0 aliphatic heterocycles. The molecular weight excluding hydrogens is 306 g/mol. The van der Waals surface area contributed by atoms with Crippen LogP contribution in [-0.2, 0) is 0 Å². The highest BCUT2D eigenvalue weighted by Gasteiger charge is 2.16. The van der Waals surface area contributed by atoms with Crippen molar-refractivity contribution in [2.24, 2.45) is 0 Å². The van der Waals surface area contributed by atoms with Crippen LogP contribution in [0.25, 0.3) is 11.5 Å². The Morgan fingerprint density at radius 1 is 1.00 bits per heavy atom. The molecule has 0 bridgehead atoms. The monoisotopic (exact) mass is 318 g/mol. The van der Waals surface area contributed by atoms with Gasteiger partial charge in [-0.15, -0.1) is 10.2 Å². The Morgan fingerprint density at radius 2 is 1.73 bits per heavy atom.